The van der Waals surface area contributed by atoms with E-state index < -0.39 is 5.91 Å². The molecule has 0 spiro atoms. The van der Waals surface area contributed by atoms with Gasteiger partial charge in [-0.3, -0.25) is 4.79 Å². The fourth-order valence-corrected chi connectivity index (χ4v) is 2.22. The van der Waals surface area contributed by atoms with Gasteiger partial charge in [0.15, 0.2) is 0 Å². The second kappa shape index (κ2) is 9.70. The zero-order valence-electron chi connectivity index (χ0n) is 14.6. The summed E-state index contributed by atoms with van der Waals surface area (Å²) in [6, 6.07) is 16.2. The molecule has 1 amide bonds. The molecule has 2 aromatic carbocycles. The molecule has 2 aromatic rings. The number of benzene rings is 2. The van der Waals surface area contributed by atoms with E-state index in [4.69, 9.17) is 9.47 Å². The zero-order chi connectivity index (χ0) is 18.8. The number of anilines is 1. The highest BCUT2D eigenvalue weighted by Crippen LogP contribution is 2.25. The molecule has 0 radical (unpaired) electrons. The van der Waals surface area contributed by atoms with Crippen LogP contribution in [0.15, 0.2) is 66.8 Å². The Bertz CT molecular complexity index is 850. The summed E-state index contributed by atoms with van der Waals surface area (Å²) in [5.41, 5.74) is 1.11. The Hall–Kier alpha value is -3.52. The summed E-state index contributed by atoms with van der Waals surface area (Å²) in [5, 5.41) is 12.1. The van der Waals surface area contributed by atoms with E-state index >= 15 is 0 Å². The van der Waals surface area contributed by atoms with Gasteiger partial charge < -0.3 is 14.8 Å². The van der Waals surface area contributed by atoms with Crippen molar-refractivity contribution in [1.29, 1.82) is 5.26 Å². The molecule has 5 heteroatoms. The van der Waals surface area contributed by atoms with E-state index in [2.05, 4.69) is 11.9 Å². The van der Waals surface area contributed by atoms with E-state index in [-0.39, 0.29) is 5.57 Å². The summed E-state index contributed by atoms with van der Waals surface area (Å²) in [6.07, 6.45) is 3.13. The SMILES string of the molecule is C=CCOc1ccccc1/C=C(\C#N)C(=O)Nc1ccccc1OCC. The maximum Gasteiger partial charge on any atom is 0.266 e. The molecule has 0 aliphatic carbocycles. The molecule has 0 saturated carbocycles. The first-order chi connectivity index (χ1) is 12.7. The van der Waals surface area contributed by atoms with Gasteiger partial charge in [0.1, 0.15) is 29.7 Å². The minimum absolute atomic E-state index is 0.0362. The van der Waals surface area contributed by atoms with Crippen molar-refractivity contribution < 1.29 is 14.3 Å². The molecule has 1 N–H and O–H groups in total. The van der Waals surface area contributed by atoms with Crippen LogP contribution in [0, 0.1) is 11.3 Å². The summed E-state index contributed by atoms with van der Waals surface area (Å²) in [7, 11) is 0. The third-order valence-corrected chi connectivity index (χ3v) is 3.38. The molecule has 0 aliphatic heterocycles. The van der Waals surface area contributed by atoms with Crippen molar-refractivity contribution >= 4 is 17.7 Å². The first-order valence-corrected chi connectivity index (χ1v) is 8.17. The van der Waals surface area contributed by atoms with Crippen LogP contribution in [0.3, 0.4) is 0 Å². The van der Waals surface area contributed by atoms with E-state index in [1.165, 1.54) is 6.08 Å². The molecule has 0 atom stereocenters. The van der Waals surface area contributed by atoms with Gasteiger partial charge in [-0.05, 0) is 31.2 Å². The Morgan fingerprint density at radius 2 is 1.85 bits per heavy atom. The van der Waals surface area contributed by atoms with Gasteiger partial charge in [-0.15, -0.1) is 0 Å². The van der Waals surface area contributed by atoms with Crippen LogP contribution < -0.4 is 14.8 Å². The zero-order valence-corrected chi connectivity index (χ0v) is 14.6. The Labute approximate surface area is 153 Å². The molecular formula is C21H20N2O3. The fraction of sp³-hybridized carbons (Fsp3) is 0.143. The van der Waals surface area contributed by atoms with Gasteiger partial charge >= 0.3 is 0 Å². The number of rotatable bonds is 8. The Morgan fingerprint density at radius 1 is 1.15 bits per heavy atom. The van der Waals surface area contributed by atoms with Crippen LogP contribution >= 0.6 is 0 Å². The average Bonchev–Trinajstić information content (AvgIpc) is 2.66. The van der Waals surface area contributed by atoms with E-state index in [1.54, 1.807) is 36.4 Å². The summed E-state index contributed by atoms with van der Waals surface area (Å²) < 4.78 is 11.0. The molecule has 0 fully saturated rings. The Kier molecular flexibility index (Phi) is 7.02. The molecule has 132 valence electrons. The number of carbonyl (C=O) groups excluding carboxylic acids is 1. The van der Waals surface area contributed by atoms with E-state index in [9.17, 15) is 10.1 Å². The van der Waals surface area contributed by atoms with Crippen LogP contribution in [0.1, 0.15) is 12.5 Å². The normalized spacial score (nSPS) is 10.5. The largest absolute Gasteiger partial charge is 0.492 e. The molecule has 0 aliphatic rings. The van der Waals surface area contributed by atoms with Crippen molar-refractivity contribution in [3.63, 3.8) is 0 Å². The lowest BCUT2D eigenvalue weighted by atomic mass is 10.1. The lowest BCUT2D eigenvalue weighted by Crippen LogP contribution is -2.14. The van der Waals surface area contributed by atoms with Crippen molar-refractivity contribution in [2.24, 2.45) is 0 Å². The number of hydrogen-bond acceptors (Lipinski definition) is 4. The quantitative estimate of drug-likeness (QED) is 0.441. The van der Waals surface area contributed by atoms with Crippen molar-refractivity contribution in [3.05, 3.63) is 72.3 Å². The second-order valence-electron chi connectivity index (χ2n) is 5.19. The molecular weight excluding hydrogens is 328 g/mol. The van der Waals surface area contributed by atoms with Crippen LogP contribution in [-0.2, 0) is 4.79 Å². The highest BCUT2D eigenvalue weighted by Gasteiger charge is 2.13. The Morgan fingerprint density at radius 3 is 2.54 bits per heavy atom. The van der Waals surface area contributed by atoms with Crippen molar-refractivity contribution in [2.45, 2.75) is 6.92 Å². The standard InChI is InChI=1S/C21H20N2O3/c1-3-13-26-19-11-7-5-9-16(19)14-17(15-22)21(24)23-18-10-6-8-12-20(18)25-4-2/h3,5-12,14H,1,4,13H2,2H3,(H,23,24)/b17-14+. The van der Waals surface area contributed by atoms with Crippen LogP contribution in [0.5, 0.6) is 11.5 Å². The monoisotopic (exact) mass is 348 g/mol. The molecule has 2 rings (SSSR count). The van der Waals surface area contributed by atoms with Crippen molar-refractivity contribution in [2.75, 3.05) is 18.5 Å². The smallest absolute Gasteiger partial charge is 0.266 e. The number of para-hydroxylation sites is 3. The fourth-order valence-electron chi connectivity index (χ4n) is 2.22. The van der Waals surface area contributed by atoms with E-state index in [0.717, 1.165) is 0 Å². The number of hydrogen-bond donors (Lipinski definition) is 1. The molecule has 0 bridgehead atoms. The highest BCUT2D eigenvalue weighted by molar-refractivity contribution is 6.10. The number of amides is 1. The van der Waals surface area contributed by atoms with Gasteiger partial charge in [-0.2, -0.15) is 5.26 Å². The maximum atomic E-state index is 12.5. The maximum absolute atomic E-state index is 12.5. The summed E-state index contributed by atoms with van der Waals surface area (Å²) in [4.78, 5) is 12.5. The number of carbonyl (C=O) groups is 1. The van der Waals surface area contributed by atoms with Gasteiger partial charge in [0.2, 0.25) is 0 Å². The second-order valence-corrected chi connectivity index (χ2v) is 5.19. The van der Waals surface area contributed by atoms with Crippen molar-refractivity contribution in [1.82, 2.24) is 0 Å². The first kappa shape index (κ1) is 18.8. The summed E-state index contributed by atoms with van der Waals surface area (Å²) in [5.74, 6) is 0.608. The van der Waals surface area contributed by atoms with Gasteiger partial charge in [-0.25, -0.2) is 0 Å². The summed E-state index contributed by atoms with van der Waals surface area (Å²) in [6.45, 7) is 6.28. The number of ether oxygens (including phenoxy) is 2. The third kappa shape index (κ3) is 4.99. The van der Waals surface area contributed by atoms with E-state index in [1.807, 2.05) is 31.2 Å². The van der Waals surface area contributed by atoms with Crippen molar-refractivity contribution in [3.8, 4) is 17.6 Å². The highest BCUT2D eigenvalue weighted by atomic mass is 16.5. The lowest BCUT2D eigenvalue weighted by Gasteiger charge is -2.11. The first-order valence-electron chi connectivity index (χ1n) is 8.17. The third-order valence-electron chi connectivity index (χ3n) is 3.38. The Balaban J connectivity index is 2.26. The van der Waals surface area contributed by atoms with Gasteiger partial charge in [0.25, 0.3) is 5.91 Å². The summed E-state index contributed by atoms with van der Waals surface area (Å²) >= 11 is 0. The van der Waals surface area contributed by atoms with Crippen LogP contribution in [0.25, 0.3) is 6.08 Å². The predicted octanol–water partition coefficient (Wildman–Crippen LogP) is 4.20. The van der Waals surface area contributed by atoms with Gasteiger partial charge in [0, 0.05) is 5.56 Å². The van der Waals surface area contributed by atoms with Crippen LogP contribution in [0.2, 0.25) is 0 Å². The number of nitriles is 1. The lowest BCUT2D eigenvalue weighted by molar-refractivity contribution is -0.112. The van der Waals surface area contributed by atoms with Crippen LogP contribution in [-0.4, -0.2) is 19.1 Å². The minimum atomic E-state index is -0.516. The number of nitrogens with one attached hydrogen (secondary N) is 1. The average molecular weight is 348 g/mol. The van der Waals surface area contributed by atoms with E-state index in [0.29, 0.717) is 36.0 Å². The molecule has 0 unspecified atom stereocenters. The van der Waals surface area contributed by atoms with Gasteiger partial charge in [0.05, 0.1) is 12.3 Å². The topological polar surface area (TPSA) is 71.3 Å². The molecule has 0 aromatic heterocycles. The van der Waals surface area contributed by atoms with Gasteiger partial charge in [-0.1, -0.05) is 43.0 Å². The molecule has 5 nitrogen and oxygen atoms in total. The molecule has 0 heterocycles. The molecule has 0 saturated heterocycles. The molecule has 26 heavy (non-hydrogen) atoms. The minimum Gasteiger partial charge on any atom is -0.492 e. The predicted molar refractivity (Wildman–Crippen MR) is 102 cm³/mol. The number of nitrogens with zero attached hydrogens (tertiary/aromatic N) is 1. The van der Waals surface area contributed by atoms with Crippen LogP contribution in [0.4, 0.5) is 5.69 Å².